The summed E-state index contributed by atoms with van der Waals surface area (Å²) in [5, 5.41) is 14.2. The van der Waals surface area contributed by atoms with Crippen LogP contribution in [0.25, 0.3) is 11.1 Å². The van der Waals surface area contributed by atoms with Crippen LogP contribution in [0.15, 0.2) is 59.5 Å². The normalized spacial score (nSPS) is 14.7. The lowest BCUT2D eigenvalue weighted by atomic mass is 9.96. The molecular formula is C24H19F6N5O6. The van der Waals surface area contributed by atoms with E-state index in [2.05, 4.69) is 19.9 Å². The highest BCUT2D eigenvalue weighted by Gasteiger charge is 2.39. The second-order valence-electron chi connectivity index (χ2n) is 8.15. The molecule has 11 nitrogen and oxygen atoms in total. The number of nitrogens with zero attached hydrogens (tertiary/aromatic N) is 4. The molecule has 218 valence electrons. The Kier molecular flexibility index (Phi) is 9.31. The number of hydrogen-bond donors (Lipinski definition) is 3. The minimum absolute atomic E-state index is 0.0379. The molecule has 0 saturated carbocycles. The van der Waals surface area contributed by atoms with Crippen molar-refractivity contribution in [2.45, 2.75) is 31.2 Å². The summed E-state index contributed by atoms with van der Waals surface area (Å²) in [6, 6.07) is 11.1. The first-order valence-corrected chi connectivity index (χ1v) is 11.3. The first-order valence-electron chi connectivity index (χ1n) is 11.3. The molecular weight excluding hydrogens is 568 g/mol. The number of fused-ring (bicyclic) bond motifs is 2. The number of amides is 1. The number of benzene rings is 1. The van der Waals surface area contributed by atoms with E-state index in [0.29, 0.717) is 18.0 Å². The number of carbonyl (C=O) groups is 3. The zero-order chi connectivity index (χ0) is 30.4. The highest BCUT2D eigenvalue weighted by molar-refractivity contribution is 5.80. The number of carboxylic acids is 2. The molecule has 3 N–H and O–H groups in total. The number of aromatic amines is 1. The zero-order valence-electron chi connectivity index (χ0n) is 20.5. The summed E-state index contributed by atoms with van der Waals surface area (Å²) in [6.07, 6.45) is -4.12. The van der Waals surface area contributed by atoms with Gasteiger partial charge < -0.3 is 24.5 Å². The van der Waals surface area contributed by atoms with Crippen LogP contribution in [-0.4, -0.2) is 71.8 Å². The van der Waals surface area contributed by atoms with Gasteiger partial charge in [-0.1, -0.05) is 18.2 Å². The number of rotatable bonds is 3. The van der Waals surface area contributed by atoms with Gasteiger partial charge in [0, 0.05) is 31.1 Å². The predicted molar refractivity (Wildman–Crippen MR) is 125 cm³/mol. The molecule has 1 aliphatic heterocycles. The van der Waals surface area contributed by atoms with Gasteiger partial charge in [-0.25, -0.2) is 19.6 Å². The van der Waals surface area contributed by atoms with Gasteiger partial charge >= 0.3 is 24.3 Å². The van der Waals surface area contributed by atoms with Gasteiger partial charge in [-0.2, -0.15) is 26.3 Å². The maximum Gasteiger partial charge on any atom is 0.490 e. The molecule has 0 fully saturated rings. The quantitative estimate of drug-likeness (QED) is 0.302. The molecule has 3 aromatic heterocycles. The first-order chi connectivity index (χ1) is 19.2. The fraction of sp³-hybridized carbons (Fsp3) is 0.250. The maximum absolute atomic E-state index is 13.1. The number of pyridine rings is 1. The molecule has 0 radical (unpaired) electrons. The Labute approximate surface area is 225 Å². The van der Waals surface area contributed by atoms with Gasteiger partial charge in [-0.15, -0.1) is 0 Å². The van der Waals surface area contributed by atoms with Gasteiger partial charge in [0.2, 0.25) is 11.8 Å². The number of hydrogen-bond acceptors (Lipinski definition) is 7. The number of carbonyl (C=O) groups excluding carboxylic acids is 1. The number of aliphatic carboxylic acids is 2. The molecule has 1 aromatic carbocycles. The summed E-state index contributed by atoms with van der Waals surface area (Å²) in [4.78, 5) is 49.1. The third-order valence-electron chi connectivity index (χ3n) is 5.37. The average molecular weight is 587 g/mol. The number of imidazole rings is 1. The Morgan fingerprint density at radius 2 is 1.63 bits per heavy atom. The molecule has 5 rings (SSSR count). The van der Waals surface area contributed by atoms with Gasteiger partial charge in [0.15, 0.2) is 5.58 Å². The van der Waals surface area contributed by atoms with Crippen LogP contribution in [0.3, 0.4) is 0 Å². The van der Waals surface area contributed by atoms with E-state index < -0.39 is 24.3 Å². The lowest BCUT2D eigenvalue weighted by molar-refractivity contribution is -0.193. The smallest absolute Gasteiger partial charge is 0.475 e. The highest BCUT2D eigenvalue weighted by atomic mass is 19.4. The van der Waals surface area contributed by atoms with Crippen LogP contribution >= 0.6 is 0 Å². The maximum atomic E-state index is 13.1. The number of H-pyrrole nitrogens is 1. The molecule has 0 aliphatic carbocycles. The second kappa shape index (κ2) is 12.5. The summed E-state index contributed by atoms with van der Waals surface area (Å²) < 4.78 is 69.2. The van der Waals surface area contributed by atoms with Crippen molar-refractivity contribution in [2.75, 3.05) is 6.54 Å². The van der Waals surface area contributed by atoms with Crippen molar-refractivity contribution in [3.63, 3.8) is 0 Å². The van der Waals surface area contributed by atoms with Crippen molar-refractivity contribution >= 4 is 28.9 Å². The van der Waals surface area contributed by atoms with Crippen LogP contribution in [0.2, 0.25) is 0 Å². The molecule has 17 heteroatoms. The van der Waals surface area contributed by atoms with Gasteiger partial charge in [0.25, 0.3) is 0 Å². The monoisotopic (exact) mass is 587 g/mol. The molecule has 0 spiro atoms. The number of aromatic nitrogens is 4. The predicted octanol–water partition coefficient (Wildman–Crippen LogP) is 3.93. The van der Waals surface area contributed by atoms with E-state index in [1.165, 1.54) is 0 Å². The Balaban J connectivity index is 0.000000276. The Morgan fingerprint density at radius 3 is 2.20 bits per heavy atom. The van der Waals surface area contributed by atoms with Crippen LogP contribution < -0.4 is 0 Å². The summed E-state index contributed by atoms with van der Waals surface area (Å²) in [7, 11) is 0. The van der Waals surface area contributed by atoms with E-state index in [0.717, 1.165) is 28.9 Å². The minimum Gasteiger partial charge on any atom is -0.475 e. The average Bonchev–Trinajstić information content (AvgIpc) is 3.54. The largest absolute Gasteiger partial charge is 0.490 e. The molecule has 4 aromatic rings. The number of para-hydroxylation sites is 2. The fourth-order valence-electron chi connectivity index (χ4n) is 3.65. The zero-order valence-corrected chi connectivity index (χ0v) is 20.5. The standard InChI is InChI=1S/C20H17N5O2.2C2HF3O2/c26-18(10-17-24-14-5-1-2-6-16(14)27-17)25-9-7-15-19(23-12-22-15)20(25)13-4-3-8-21-11-13;2*3-2(4,5)1(6)7/h1-6,8,11-12,20H,7,9-10H2,(H,22,23);2*(H,6,7). The summed E-state index contributed by atoms with van der Waals surface area (Å²) in [5.41, 5.74) is 4.33. The third-order valence-corrected chi connectivity index (χ3v) is 5.37. The number of halogens is 6. The summed E-state index contributed by atoms with van der Waals surface area (Å²) >= 11 is 0. The van der Waals surface area contributed by atoms with Crippen LogP contribution in [0.4, 0.5) is 26.3 Å². The molecule has 4 heterocycles. The van der Waals surface area contributed by atoms with E-state index in [-0.39, 0.29) is 18.4 Å². The number of nitrogens with one attached hydrogen (secondary N) is 1. The van der Waals surface area contributed by atoms with Gasteiger partial charge in [-0.05, 0) is 23.8 Å². The molecule has 1 aliphatic rings. The number of carboxylic acid groups (broad SMARTS) is 2. The number of alkyl halides is 6. The van der Waals surface area contributed by atoms with E-state index in [1.54, 1.807) is 18.7 Å². The lowest BCUT2D eigenvalue weighted by Gasteiger charge is -2.35. The van der Waals surface area contributed by atoms with Crippen molar-refractivity contribution in [3.8, 4) is 0 Å². The van der Waals surface area contributed by atoms with Crippen molar-refractivity contribution in [1.82, 2.24) is 24.8 Å². The van der Waals surface area contributed by atoms with Crippen molar-refractivity contribution in [3.05, 3.63) is 78.0 Å². The first kappa shape index (κ1) is 30.6. The summed E-state index contributed by atoms with van der Waals surface area (Å²) in [6.45, 7) is 0.605. The fourth-order valence-corrected chi connectivity index (χ4v) is 3.65. The highest BCUT2D eigenvalue weighted by Crippen LogP contribution is 2.33. The van der Waals surface area contributed by atoms with Crippen molar-refractivity contribution in [2.24, 2.45) is 0 Å². The molecule has 1 atom stereocenters. The number of oxazole rings is 1. The van der Waals surface area contributed by atoms with Crippen molar-refractivity contribution in [1.29, 1.82) is 0 Å². The van der Waals surface area contributed by atoms with E-state index >= 15 is 0 Å². The van der Waals surface area contributed by atoms with E-state index in [9.17, 15) is 31.1 Å². The Bertz CT molecular complexity index is 1440. The topological polar surface area (TPSA) is 163 Å². The molecule has 1 amide bonds. The molecule has 0 saturated heterocycles. The molecule has 0 bridgehead atoms. The Hall–Kier alpha value is -4.96. The van der Waals surface area contributed by atoms with Gasteiger partial charge in [-0.3, -0.25) is 9.78 Å². The molecule has 1 unspecified atom stereocenters. The van der Waals surface area contributed by atoms with Crippen LogP contribution in [-0.2, 0) is 27.2 Å². The van der Waals surface area contributed by atoms with E-state index in [1.807, 2.05) is 41.3 Å². The second-order valence-corrected chi connectivity index (χ2v) is 8.15. The van der Waals surface area contributed by atoms with Crippen molar-refractivity contribution < 1.29 is 55.4 Å². The molecule has 41 heavy (non-hydrogen) atoms. The van der Waals surface area contributed by atoms with Crippen LogP contribution in [0.5, 0.6) is 0 Å². The van der Waals surface area contributed by atoms with E-state index in [4.69, 9.17) is 24.2 Å². The van der Waals surface area contributed by atoms with Crippen LogP contribution in [0, 0.1) is 0 Å². The SMILES string of the molecule is O=C(Cc1nc2ccccc2o1)N1CCc2[nH]cnc2C1c1cccnc1.O=C(O)C(F)(F)F.O=C(O)C(F)(F)F. The van der Waals surface area contributed by atoms with Gasteiger partial charge in [0.05, 0.1) is 12.0 Å². The summed E-state index contributed by atoms with van der Waals surface area (Å²) in [5.74, 6) is -5.12. The third kappa shape index (κ3) is 8.02. The van der Waals surface area contributed by atoms with Crippen LogP contribution in [0.1, 0.15) is 28.9 Å². The minimum atomic E-state index is -5.08. The lowest BCUT2D eigenvalue weighted by Crippen LogP contribution is -2.41. The van der Waals surface area contributed by atoms with Gasteiger partial charge in [0.1, 0.15) is 18.0 Å². The Morgan fingerprint density at radius 1 is 1.00 bits per heavy atom.